The minimum Gasteiger partial charge on any atom is -0.377 e. The molecule has 0 aromatic carbocycles. The molecule has 0 saturated carbocycles. The lowest BCUT2D eigenvalue weighted by atomic mass is 9.85. The monoisotopic (exact) mass is 140 g/mol. The van der Waals surface area contributed by atoms with Gasteiger partial charge in [-0.25, -0.2) is 0 Å². The van der Waals surface area contributed by atoms with Gasteiger partial charge in [-0.05, 0) is 18.3 Å². The maximum atomic E-state index is 5.22. The largest absolute Gasteiger partial charge is 0.377 e. The molecule has 0 aromatic heterocycles. The third-order valence-corrected chi connectivity index (χ3v) is 2.43. The van der Waals surface area contributed by atoms with E-state index in [0.29, 0.717) is 6.10 Å². The smallest absolute Gasteiger partial charge is 0.0754 e. The summed E-state index contributed by atoms with van der Waals surface area (Å²) in [5, 5.41) is 0. The second kappa shape index (κ2) is 3.20. The standard InChI is InChI=1S/C9H16O/c1-7-4-5-9(10-3)6-8(7)2/h4-5,7-9H,6H2,1-3H3. The first-order valence-corrected chi connectivity index (χ1v) is 3.95. The summed E-state index contributed by atoms with van der Waals surface area (Å²) in [4.78, 5) is 0. The van der Waals surface area contributed by atoms with Crippen molar-refractivity contribution in [2.24, 2.45) is 11.8 Å². The van der Waals surface area contributed by atoms with Gasteiger partial charge in [0.25, 0.3) is 0 Å². The Morgan fingerprint density at radius 3 is 2.50 bits per heavy atom. The van der Waals surface area contributed by atoms with Gasteiger partial charge in [-0.1, -0.05) is 26.0 Å². The average Bonchev–Trinajstić information content (AvgIpc) is 1.95. The Labute approximate surface area is 63.1 Å². The van der Waals surface area contributed by atoms with Crippen molar-refractivity contribution < 1.29 is 4.74 Å². The summed E-state index contributed by atoms with van der Waals surface area (Å²) in [6.45, 7) is 4.53. The summed E-state index contributed by atoms with van der Waals surface area (Å²) in [5.41, 5.74) is 0. The second-order valence-electron chi connectivity index (χ2n) is 3.23. The topological polar surface area (TPSA) is 9.23 Å². The third kappa shape index (κ3) is 1.60. The van der Waals surface area contributed by atoms with Gasteiger partial charge in [0.05, 0.1) is 6.10 Å². The van der Waals surface area contributed by atoms with Gasteiger partial charge in [0.2, 0.25) is 0 Å². The van der Waals surface area contributed by atoms with E-state index < -0.39 is 0 Å². The number of rotatable bonds is 1. The molecule has 1 nitrogen and oxygen atoms in total. The van der Waals surface area contributed by atoms with Crippen LogP contribution in [0, 0.1) is 11.8 Å². The van der Waals surface area contributed by atoms with E-state index >= 15 is 0 Å². The molecule has 0 spiro atoms. The zero-order chi connectivity index (χ0) is 7.56. The number of hydrogen-bond acceptors (Lipinski definition) is 1. The molecular formula is C9H16O. The quantitative estimate of drug-likeness (QED) is 0.507. The SMILES string of the molecule is COC1C=CC(C)C(C)C1. The van der Waals surface area contributed by atoms with Crippen LogP contribution in [0.1, 0.15) is 20.3 Å². The van der Waals surface area contributed by atoms with Crippen LogP contribution in [0.3, 0.4) is 0 Å². The molecule has 0 aliphatic heterocycles. The lowest BCUT2D eigenvalue weighted by molar-refractivity contribution is 0.106. The van der Waals surface area contributed by atoms with E-state index in [1.54, 1.807) is 7.11 Å². The summed E-state index contributed by atoms with van der Waals surface area (Å²) in [5.74, 6) is 1.50. The first-order chi connectivity index (χ1) is 4.74. The van der Waals surface area contributed by atoms with Gasteiger partial charge in [0.15, 0.2) is 0 Å². The number of hydrogen-bond donors (Lipinski definition) is 0. The van der Waals surface area contributed by atoms with E-state index in [4.69, 9.17) is 4.74 Å². The lowest BCUT2D eigenvalue weighted by Gasteiger charge is -2.25. The number of allylic oxidation sites excluding steroid dienone is 1. The van der Waals surface area contributed by atoms with Gasteiger partial charge < -0.3 is 4.74 Å². The highest BCUT2D eigenvalue weighted by molar-refractivity contribution is 4.99. The van der Waals surface area contributed by atoms with E-state index in [0.717, 1.165) is 11.8 Å². The first-order valence-electron chi connectivity index (χ1n) is 3.95. The normalized spacial score (nSPS) is 40.1. The highest BCUT2D eigenvalue weighted by Gasteiger charge is 2.18. The van der Waals surface area contributed by atoms with Crippen LogP contribution in [-0.4, -0.2) is 13.2 Å². The minimum absolute atomic E-state index is 0.367. The third-order valence-electron chi connectivity index (χ3n) is 2.43. The summed E-state index contributed by atoms with van der Waals surface area (Å²) < 4.78 is 5.22. The zero-order valence-electron chi connectivity index (χ0n) is 7.00. The predicted molar refractivity (Wildman–Crippen MR) is 42.9 cm³/mol. The Bertz CT molecular complexity index is 129. The molecule has 0 radical (unpaired) electrons. The van der Waals surface area contributed by atoms with Crippen LogP contribution in [0.5, 0.6) is 0 Å². The van der Waals surface area contributed by atoms with Crippen LogP contribution in [0.15, 0.2) is 12.2 Å². The summed E-state index contributed by atoms with van der Waals surface area (Å²) in [6.07, 6.45) is 5.97. The van der Waals surface area contributed by atoms with Crippen LogP contribution in [0.4, 0.5) is 0 Å². The van der Waals surface area contributed by atoms with Gasteiger partial charge in [-0.2, -0.15) is 0 Å². The van der Waals surface area contributed by atoms with Crippen LogP contribution in [-0.2, 0) is 4.74 Å². The van der Waals surface area contributed by atoms with Crippen molar-refractivity contribution in [3.8, 4) is 0 Å². The van der Waals surface area contributed by atoms with Crippen LogP contribution < -0.4 is 0 Å². The molecule has 1 aliphatic carbocycles. The predicted octanol–water partition coefficient (Wildman–Crippen LogP) is 2.23. The second-order valence-corrected chi connectivity index (χ2v) is 3.23. The van der Waals surface area contributed by atoms with Crippen molar-refractivity contribution in [3.05, 3.63) is 12.2 Å². The molecule has 0 fully saturated rings. The lowest BCUT2D eigenvalue weighted by Crippen LogP contribution is -2.20. The van der Waals surface area contributed by atoms with Crippen molar-refractivity contribution in [3.63, 3.8) is 0 Å². The molecule has 0 aromatic rings. The molecule has 10 heavy (non-hydrogen) atoms. The van der Waals surface area contributed by atoms with Gasteiger partial charge in [-0.15, -0.1) is 0 Å². The van der Waals surface area contributed by atoms with Crippen LogP contribution in [0.25, 0.3) is 0 Å². The fourth-order valence-electron chi connectivity index (χ4n) is 1.32. The molecule has 0 amide bonds. The molecular weight excluding hydrogens is 124 g/mol. The maximum absolute atomic E-state index is 5.22. The van der Waals surface area contributed by atoms with E-state index in [9.17, 15) is 0 Å². The Morgan fingerprint density at radius 2 is 2.00 bits per heavy atom. The zero-order valence-corrected chi connectivity index (χ0v) is 7.00. The van der Waals surface area contributed by atoms with E-state index in [1.165, 1.54) is 6.42 Å². The Morgan fingerprint density at radius 1 is 1.30 bits per heavy atom. The highest BCUT2D eigenvalue weighted by atomic mass is 16.5. The highest BCUT2D eigenvalue weighted by Crippen LogP contribution is 2.24. The number of methoxy groups -OCH3 is 1. The fraction of sp³-hybridized carbons (Fsp3) is 0.778. The van der Waals surface area contributed by atoms with Crippen molar-refractivity contribution in [1.82, 2.24) is 0 Å². The molecule has 0 bridgehead atoms. The van der Waals surface area contributed by atoms with Gasteiger partial charge >= 0.3 is 0 Å². The molecule has 1 rings (SSSR count). The van der Waals surface area contributed by atoms with Crippen molar-refractivity contribution in [1.29, 1.82) is 0 Å². The Kier molecular flexibility index (Phi) is 2.50. The molecule has 3 unspecified atom stereocenters. The Hall–Kier alpha value is -0.300. The fourth-order valence-corrected chi connectivity index (χ4v) is 1.32. The summed E-state index contributed by atoms with van der Waals surface area (Å²) in [6, 6.07) is 0. The van der Waals surface area contributed by atoms with Gasteiger partial charge in [-0.3, -0.25) is 0 Å². The first kappa shape index (κ1) is 7.80. The summed E-state index contributed by atoms with van der Waals surface area (Å²) in [7, 11) is 1.78. The molecule has 0 saturated heterocycles. The van der Waals surface area contributed by atoms with Crippen molar-refractivity contribution >= 4 is 0 Å². The van der Waals surface area contributed by atoms with E-state index in [1.807, 2.05) is 0 Å². The summed E-state index contributed by atoms with van der Waals surface area (Å²) >= 11 is 0. The van der Waals surface area contributed by atoms with E-state index in [2.05, 4.69) is 26.0 Å². The molecule has 0 heterocycles. The molecule has 3 atom stereocenters. The molecule has 1 aliphatic rings. The van der Waals surface area contributed by atoms with Crippen molar-refractivity contribution in [2.75, 3.05) is 7.11 Å². The van der Waals surface area contributed by atoms with E-state index in [-0.39, 0.29) is 0 Å². The molecule has 58 valence electrons. The van der Waals surface area contributed by atoms with Gasteiger partial charge in [0, 0.05) is 7.11 Å². The van der Waals surface area contributed by atoms with Crippen molar-refractivity contribution in [2.45, 2.75) is 26.4 Å². The van der Waals surface area contributed by atoms with Crippen LogP contribution in [0.2, 0.25) is 0 Å². The number of ether oxygens (including phenoxy) is 1. The average molecular weight is 140 g/mol. The van der Waals surface area contributed by atoms with Gasteiger partial charge in [0.1, 0.15) is 0 Å². The molecule has 0 N–H and O–H groups in total. The molecule has 1 heteroatoms. The van der Waals surface area contributed by atoms with Crippen LogP contribution >= 0.6 is 0 Å². The minimum atomic E-state index is 0.367. The maximum Gasteiger partial charge on any atom is 0.0754 e. The Balaban J connectivity index is 2.51.